The summed E-state index contributed by atoms with van der Waals surface area (Å²) in [5.74, 6) is -1.94. The first-order valence-electron chi connectivity index (χ1n) is 7.11. The van der Waals surface area contributed by atoms with Gasteiger partial charge in [-0.3, -0.25) is 4.79 Å². The SMILES string of the molecule is O=C(O)c1nn(-c2ccccc2)c(=O)cc1Nc1ccc(Br)cc1F. The quantitative estimate of drug-likeness (QED) is 0.695. The monoisotopic (exact) mass is 403 g/mol. The van der Waals surface area contributed by atoms with Crippen molar-refractivity contribution in [3.63, 3.8) is 0 Å². The van der Waals surface area contributed by atoms with Crippen LogP contribution in [0, 0.1) is 5.82 Å². The Bertz CT molecular complexity index is 1010. The van der Waals surface area contributed by atoms with Gasteiger partial charge in [-0.2, -0.15) is 9.78 Å². The van der Waals surface area contributed by atoms with Crippen molar-refractivity contribution in [2.24, 2.45) is 0 Å². The van der Waals surface area contributed by atoms with E-state index in [1.54, 1.807) is 36.4 Å². The minimum atomic E-state index is -1.34. The summed E-state index contributed by atoms with van der Waals surface area (Å²) in [5.41, 5.74) is -0.575. The van der Waals surface area contributed by atoms with Crippen LogP contribution in [-0.4, -0.2) is 20.9 Å². The molecule has 0 saturated carbocycles. The first-order valence-corrected chi connectivity index (χ1v) is 7.90. The van der Waals surface area contributed by atoms with Crippen LogP contribution in [0.4, 0.5) is 15.8 Å². The van der Waals surface area contributed by atoms with E-state index in [4.69, 9.17) is 0 Å². The molecule has 25 heavy (non-hydrogen) atoms. The Morgan fingerprint density at radius 1 is 1.12 bits per heavy atom. The lowest BCUT2D eigenvalue weighted by Gasteiger charge is -2.12. The average molecular weight is 404 g/mol. The molecule has 2 N–H and O–H groups in total. The lowest BCUT2D eigenvalue weighted by atomic mass is 10.2. The molecule has 0 unspecified atom stereocenters. The molecule has 0 amide bonds. The number of hydrogen-bond donors (Lipinski definition) is 2. The number of carboxylic acid groups (broad SMARTS) is 1. The molecule has 0 saturated heterocycles. The number of carboxylic acids is 1. The van der Waals surface area contributed by atoms with Crippen LogP contribution in [0.15, 0.2) is 63.9 Å². The molecule has 6 nitrogen and oxygen atoms in total. The molecule has 0 atom stereocenters. The fraction of sp³-hybridized carbons (Fsp3) is 0. The second-order valence-corrected chi connectivity index (χ2v) is 5.96. The van der Waals surface area contributed by atoms with E-state index in [1.807, 2.05) is 0 Å². The molecule has 3 aromatic rings. The van der Waals surface area contributed by atoms with Crippen molar-refractivity contribution in [2.45, 2.75) is 0 Å². The van der Waals surface area contributed by atoms with Crippen LogP contribution >= 0.6 is 15.9 Å². The van der Waals surface area contributed by atoms with Crippen molar-refractivity contribution >= 4 is 33.3 Å². The fourth-order valence-corrected chi connectivity index (χ4v) is 2.53. The fourth-order valence-electron chi connectivity index (χ4n) is 2.20. The predicted octanol–water partition coefficient (Wildman–Crippen LogP) is 3.58. The van der Waals surface area contributed by atoms with E-state index in [-0.39, 0.29) is 11.4 Å². The third-order valence-corrected chi connectivity index (χ3v) is 3.83. The molecule has 8 heteroatoms. The largest absolute Gasteiger partial charge is 0.476 e. The van der Waals surface area contributed by atoms with Crippen molar-refractivity contribution in [3.8, 4) is 5.69 Å². The number of nitrogens with zero attached hydrogens (tertiary/aromatic N) is 2. The van der Waals surface area contributed by atoms with E-state index in [0.717, 1.165) is 10.7 Å². The van der Waals surface area contributed by atoms with E-state index < -0.39 is 23.0 Å². The first-order chi connectivity index (χ1) is 12.0. The summed E-state index contributed by atoms with van der Waals surface area (Å²) >= 11 is 3.14. The van der Waals surface area contributed by atoms with Gasteiger partial charge in [-0.1, -0.05) is 34.1 Å². The van der Waals surface area contributed by atoms with E-state index in [9.17, 15) is 19.1 Å². The van der Waals surface area contributed by atoms with Gasteiger partial charge in [0.2, 0.25) is 0 Å². The number of para-hydroxylation sites is 1. The maximum absolute atomic E-state index is 14.0. The molecular formula is C17H11BrFN3O3. The Hall–Kier alpha value is -3.00. The number of aromatic nitrogens is 2. The molecule has 0 aliphatic carbocycles. The van der Waals surface area contributed by atoms with Crippen molar-refractivity contribution in [1.29, 1.82) is 0 Å². The number of nitrogens with one attached hydrogen (secondary N) is 1. The Kier molecular flexibility index (Phi) is 4.62. The topological polar surface area (TPSA) is 84.2 Å². The summed E-state index contributed by atoms with van der Waals surface area (Å²) in [6.07, 6.45) is 0. The van der Waals surface area contributed by atoms with Gasteiger partial charge in [-0.15, -0.1) is 0 Å². The van der Waals surface area contributed by atoms with Crippen LogP contribution in [0.1, 0.15) is 10.5 Å². The molecule has 0 spiro atoms. The van der Waals surface area contributed by atoms with Gasteiger partial charge in [-0.05, 0) is 30.3 Å². The molecule has 0 aliphatic heterocycles. The molecule has 2 aromatic carbocycles. The van der Waals surface area contributed by atoms with Crippen LogP contribution < -0.4 is 10.9 Å². The van der Waals surface area contributed by atoms with Crippen molar-refractivity contribution in [2.75, 3.05) is 5.32 Å². The molecule has 1 aromatic heterocycles. The van der Waals surface area contributed by atoms with Gasteiger partial charge in [0.15, 0.2) is 5.69 Å². The summed E-state index contributed by atoms with van der Waals surface area (Å²) in [6.45, 7) is 0. The van der Waals surface area contributed by atoms with Crippen LogP contribution in [0.25, 0.3) is 5.69 Å². The third-order valence-electron chi connectivity index (χ3n) is 3.34. The second kappa shape index (κ2) is 6.86. The summed E-state index contributed by atoms with van der Waals surface area (Å²) in [6, 6.07) is 13.7. The molecule has 0 aliphatic rings. The van der Waals surface area contributed by atoms with Gasteiger partial charge in [-0.25, -0.2) is 9.18 Å². The number of aromatic carboxylic acids is 1. The minimum absolute atomic E-state index is 0.0318. The van der Waals surface area contributed by atoms with Gasteiger partial charge in [0.1, 0.15) is 5.82 Å². The molecule has 1 heterocycles. The van der Waals surface area contributed by atoms with E-state index in [2.05, 4.69) is 26.3 Å². The van der Waals surface area contributed by atoms with Crippen molar-refractivity contribution in [3.05, 3.63) is 80.9 Å². The number of carbonyl (C=O) groups is 1. The zero-order chi connectivity index (χ0) is 18.0. The molecule has 0 bridgehead atoms. The van der Waals surface area contributed by atoms with Crippen molar-refractivity contribution in [1.82, 2.24) is 9.78 Å². The first kappa shape index (κ1) is 16.8. The van der Waals surface area contributed by atoms with E-state index in [1.165, 1.54) is 12.1 Å². The lowest BCUT2D eigenvalue weighted by Crippen LogP contribution is -2.24. The highest BCUT2D eigenvalue weighted by atomic mass is 79.9. The van der Waals surface area contributed by atoms with Crippen LogP contribution in [0.3, 0.4) is 0 Å². The van der Waals surface area contributed by atoms with E-state index in [0.29, 0.717) is 10.2 Å². The highest BCUT2D eigenvalue weighted by Crippen LogP contribution is 2.24. The smallest absolute Gasteiger partial charge is 0.358 e. The standard InChI is InChI=1S/C17H11BrFN3O3/c18-10-6-7-13(12(19)8-10)20-14-9-15(23)22(21-16(14)17(24)25)11-4-2-1-3-5-11/h1-9,20H,(H,24,25). The predicted molar refractivity (Wildman–Crippen MR) is 94.2 cm³/mol. The molecule has 0 fully saturated rings. The van der Waals surface area contributed by atoms with Gasteiger partial charge in [0, 0.05) is 10.5 Å². The zero-order valence-corrected chi connectivity index (χ0v) is 14.2. The molecule has 126 valence electrons. The average Bonchev–Trinajstić information content (AvgIpc) is 2.58. The second-order valence-electron chi connectivity index (χ2n) is 5.05. The third kappa shape index (κ3) is 3.58. The highest BCUT2D eigenvalue weighted by molar-refractivity contribution is 9.10. The number of hydrogen-bond acceptors (Lipinski definition) is 4. The van der Waals surface area contributed by atoms with Gasteiger partial charge in [0.25, 0.3) is 5.56 Å². The maximum atomic E-state index is 14.0. The molecule has 3 rings (SSSR count). The van der Waals surface area contributed by atoms with Crippen LogP contribution in [0.5, 0.6) is 0 Å². The normalized spacial score (nSPS) is 10.5. The van der Waals surface area contributed by atoms with Crippen molar-refractivity contribution < 1.29 is 14.3 Å². The molecular weight excluding hydrogens is 393 g/mol. The van der Waals surface area contributed by atoms with E-state index >= 15 is 0 Å². The number of halogens is 2. The Balaban J connectivity index is 2.10. The lowest BCUT2D eigenvalue weighted by molar-refractivity contribution is 0.0689. The summed E-state index contributed by atoms with van der Waals surface area (Å²) < 4.78 is 15.5. The van der Waals surface area contributed by atoms with Gasteiger partial charge in [0.05, 0.1) is 17.1 Å². The maximum Gasteiger partial charge on any atom is 0.358 e. The zero-order valence-electron chi connectivity index (χ0n) is 12.6. The number of anilines is 2. The highest BCUT2D eigenvalue weighted by Gasteiger charge is 2.17. The van der Waals surface area contributed by atoms with Gasteiger partial charge < -0.3 is 10.4 Å². The molecule has 0 radical (unpaired) electrons. The Labute approximate surface area is 149 Å². The summed E-state index contributed by atoms with van der Waals surface area (Å²) in [4.78, 5) is 23.8. The number of rotatable bonds is 4. The summed E-state index contributed by atoms with van der Waals surface area (Å²) in [7, 11) is 0. The number of benzene rings is 2. The Morgan fingerprint density at radius 3 is 2.48 bits per heavy atom. The Morgan fingerprint density at radius 2 is 1.84 bits per heavy atom. The summed E-state index contributed by atoms with van der Waals surface area (Å²) in [5, 5.41) is 15.9. The van der Waals surface area contributed by atoms with Crippen LogP contribution in [-0.2, 0) is 0 Å². The van der Waals surface area contributed by atoms with Gasteiger partial charge >= 0.3 is 5.97 Å². The minimum Gasteiger partial charge on any atom is -0.476 e. The van der Waals surface area contributed by atoms with Crippen LogP contribution in [0.2, 0.25) is 0 Å².